The highest BCUT2D eigenvalue weighted by Crippen LogP contribution is 2.33. The first-order chi connectivity index (χ1) is 14.9. The summed E-state index contributed by atoms with van der Waals surface area (Å²) in [4.78, 5) is 32.9. The maximum Gasteiger partial charge on any atom is 0.405 e. The van der Waals surface area contributed by atoms with Crippen molar-refractivity contribution >= 4 is 12.0 Å². The van der Waals surface area contributed by atoms with Gasteiger partial charge in [-0.25, -0.2) is 4.79 Å². The quantitative estimate of drug-likeness (QED) is 0.747. The first-order valence-electron chi connectivity index (χ1n) is 10.9. The summed E-state index contributed by atoms with van der Waals surface area (Å²) in [6, 6.07) is 9.47. The largest absolute Gasteiger partial charge is 0.465 e. The molecule has 0 bridgehead atoms. The second kappa shape index (κ2) is 9.06. The SMILES string of the molecule is Cc1cccc(C)c1C(=O)N1CC2CN(CCC(NC(=O)O)c3cccnc3)C[C@H]2C1. The molecule has 1 aromatic heterocycles. The highest BCUT2D eigenvalue weighted by atomic mass is 16.4. The molecule has 0 spiro atoms. The minimum Gasteiger partial charge on any atom is -0.465 e. The highest BCUT2D eigenvalue weighted by molar-refractivity contribution is 5.97. The maximum absolute atomic E-state index is 13.1. The molecule has 7 nitrogen and oxygen atoms in total. The van der Waals surface area contributed by atoms with E-state index in [0.717, 1.165) is 55.0 Å². The third kappa shape index (κ3) is 4.71. The van der Waals surface area contributed by atoms with Gasteiger partial charge in [-0.3, -0.25) is 9.78 Å². The van der Waals surface area contributed by atoms with Crippen molar-refractivity contribution in [1.29, 1.82) is 0 Å². The number of hydrogen-bond acceptors (Lipinski definition) is 4. The van der Waals surface area contributed by atoms with E-state index in [1.165, 1.54) is 0 Å². The maximum atomic E-state index is 13.1. The second-order valence-corrected chi connectivity index (χ2v) is 8.83. The van der Waals surface area contributed by atoms with Crippen molar-refractivity contribution in [2.45, 2.75) is 26.3 Å². The molecule has 3 heterocycles. The number of nitrogens with one attached hydrogen (secondary N) is 1. The third-order valence-corrected chi connectivity index (χ3v) is 6.66. The summed E-state index contributed by atoms with van der Waals surface area (Å²) in [5.41, 5.74) is 3.81. The van der Waals surface area contributed by atoms with Gasteiger partial charge in [0, 0.05) is 50.7 Å². The zero-order chi connectivity index (χ0) is 22.0. The third-order valence-electron chi connectivity index (χ3n) is 6.66. The lowest BCUT2D eigenvalue weighted by molar-refractivity contribution is 0.0772. The number of hydrogen-bond donors (Lipinski definition) is 2. The Bertz CT molecular complexity index is 915. The van der Waals surface area contributed by atoms with Crippen molar-refractivity contribution < 1.29 is 14.7 Å². The van der Waals surface area contributed by atoms with Crippen molar-refractivity contribution in [3.63, 3.8) is 0 Å². The average Bonchev–Trinajstić information content (AvgIpc) is 3.30. The van der Waals surface area contributed by atoms with Gasteiger partial charge in [-0.1, -0.05) is 24.3 Å². The standard InChI is InChI=1S/C24H30N4O3/c1-16-5-3-6-17(2)22(16)23(29)28-14-19-12-27(13-20(19)15-28)10-8-21(26-24(30)31)18-7-4-9-25-11-18/h3-7,9,11,19-21,26H,8,10,12-15H2,1-2H3,(H,30,31)/t19-,20?,21?/m0/s1. The number of aryl methyl sites for hydroxylation is 2. The van der Waals surface area contributed by atoms with Gasteiger partial charge < -0.3 is 20.2 Å². The van der Waals surface area contributed by atoms with Crippen LogP contribution in [0, 0.1) is 25.7 Å². The number of benzene rings is 1. The molecule has 2 N–H and O–H groups in total. The number of carbonyl (C=O) groups excluding carboxylic acids is 1. The van der Waals surface area contributed by atoms with E-state index in [-0.39, 0.29) is 11.9 Å². The van der Waals surface area contributed by atoms with Gasteiger partial charge in [0.15, 0.2) is 0 Å². The fourth-order valence-corrected chi connectivity index (χ4v) is 5.11. The van der Waals surface area contributed by atoms with E-state index in [4.69, 9.17) is 0 Å². The fraction of sp³-hybridized carbons (Fsp3) is 0.458. The van der Waals surface area contributed by atoms with Gasteiger partial charge in [0.05, 0.1) is 6.04 Å². The van der Waals surface area contributed by atoms with Crippen LogP contribution in [0.25, 0.3) is 0 Å². The van der Waals surface area contributed by atoms with Crippen LogP contribution in [0.5, 0.6) is 0 Å². The first-order valence-corrected chi connectivity index (χ1v) is 10.9. The van der Waals surface area contributed by atoms with Crippen LogP contribution < -0.4 is 5.32 Å². The molecule has 4 rings (SSSR count). The molecule has 2 aliphatic heterocycles. The van der Waals surface area contributed by atoms with E-state index in [9.17, 15) is 14.7 Å². The van der Waals surface area contributed by atoms with E-state index in [1.54, 1.807) is 12.4 Å². The van der Waals surface area contributed by atoms with E-state index >= 15 is 0 Å². The highest BCUT2D eigenvalue weighted by Gasteiger charge is 2.42. The van der Waals surface area contributed by atoms with Crippen LogP contribution in [0.15, 0.2) is 42.7 Å². The molecule has 0 radical (unpaired) electrons. The molecule has 7 heteroatoms. The molecule has 31 heavy (non-hydrogen) atoms. The average molecular weight is 423 g/mol. The summed E-state index contributed by atoms with van der Waals surface area (Å²) >= 11 is 0. The Labute approximate surface area is 183 Å². The van der Waals surface area contributed by atoms with Crippen molar-refractivity contribution in [2.24, 2.45) is 11.8 Å². The van der Waals surface area contributed by atoms with E-state index < -0.39 is 6.09 Å². The van der Waals surface area contributed by atoms with Gasteiger partial charge in [0.1, 0.15) is 0 Å². The topological polar surface area (TPSA) is 85.8 Å². The molecule has 2 aliphatic rings. The molecule has 2 aromatic rings. The van der Waals surface area contributed by atoms with Gasteiger partial charge in [-0.2, -0.15) is 0 Å². The van der Waals surface area contributed by atoms with Crippen molar-refractivity contribution in [2.75, 3.05) is 32.7 Å². The summed E-state index contributed by atoms with van der Waals surface area (Å²) in [5, 5.41) is 11.8. The predicted molar refractivity (Wildman–Crippen MR) is 118 cm³/mol. The first kappa shape index (κ1) is 21.3. The fourth-order valence-electron chi connectivity index (χ4n) is 5.11. The number of carbonyl (C=O) groups is 2. The Balaban J connectivity index is 1.33. The molecular formula is C24H30N4O3. The van der Waals surface area contributed by atoms with Crippen LogP contribution in [0.3, 0.4) is 0 Å². The van der Waals surface area contributed by atoms with E-state index in [1.807, 2.05) is 49.1 Å². The zero-order valence-electron chi connectivity index (χ0n) is 18.1. The molecule has 0 saturated carbocycles. The Hall–Kier alpha value is -2.93. The molecule has 2 saturated heterocycles. The lowest BCUT2D eigenvalue weighted by Gasteiger charge is -2.24. The number of likely N-dealkylation sites (tertiary alicyclic amines) is 2. The monoisotopic (exact) mass is 422 g/mol. The van der Waals surface area contributed by atoms with Crippen molar-refractivity contribution in [1.82, 2.24) is 20.1 Å². The Morgan fingerprint density at radius 3 is 2.35 bits per heavy atom. The van der Waals surface area contributed by atoms with Gasteiger partial charge in [-0.15, -0.1) is 0 Å². The number of fused-ring (bicyclic) bond motifs is 1. The lowest BCUT2D eigenvalue weighted by atomic mass is 10.0. The number of rotatable bonds is 6. The Kier molecular flexibility index (Phi) is 6.23. The Morgan fingerprint density at radius 1 is 1.10 bits per heavy atom. The normalized spacial score (nSPS) is 21.7. The molecule has 3 atom stereocenters. The van der Waals surface area contributed by atoms with Crippen LogP contribution in [0.2, 0.25) is 0 Å². The Morgan fingerprint density at radius 2 is 1.77 bits per heavy atom. The van der Waals surface area contributed by atoms with Crippen LogP contribution in [0.4, 0.5) is 4.79 Å². The second-order valence-electron chi connectivity index (χ2n) is 8.83. The van der Waals surface area contributed by atoms with Crippen molar-refractivity contribution in [3.8, 4) is 0 Å². The molecule has 0 aliphatic carbocycles. The predicted octanol–water partition coefficient (Wildman–Crippen LogP) is 3.10. The lowest BCUT2D eigenvalue weighted by Crippen LogP contribution is -2.35. The minimum atomic E-state index is -1.02. The smallest absolute Gasteiger partial charge is 0.405 e. The van der Waals surface area contributed by atoms with Crippen LogP contribution >= 0.6 is 0 Å². The number of carboxylic acid groups (broad SMARTS) is 1. The summed E-state index contributed by atoms with van der Waals surface area (Å²) in [5.74, 6) is 1.12. The van der Waals surface area contributed by atoms with Crippen LogP contribution in [-0.2, 0) is 0 Å². The van der Waals surface area contributed by atoms with E-state index in [0.29, 0.717) is 18.3 Å². The summed E-state index contributed by atoms with van der Waals surface area (Å²) in [6.45, 7) is 8.32. The molecule has 164 valence electrons. The zero-order valence-corrected chi connectivity index (χ0v) is 18.1. The number of amides is 2. The summed E-state index contributed by atoms with van der Waals surface area (Å²) < 4.78 is 0. The summed E-state index contributed by atoms with van der Waals surface area (Å²) in [7, 11) is 0. The van der Waals surface area contributed by atoms with Crippen molar-refractivity contribution in [3.05, 3.63) is 65.0 Å². The summed E-state index contributed by atoms with van der Waals surface area (Å²) in [6.07, 6.45) is 3.08. The molecule has 2 fully saturated rings. The molecular weight excluding hydrogens is 392 g/mol. The van der Waals surface area contributed by atoms with Gasteiger partial charge in [-0.05, 0) is 54.9 Å². The molecule has 2 unspecified atom stereocenters. The minimum absolute atomic E-state index is 0.152. The van der Waals surface area contributed by atoms with E-state index in [2.05, 4.69) is 15.2 Å². The van der Waals surface area contributed by atoms with Gasteiger partial charge in [0.25, 0.3) is 5.91 Å². The number of nitrogens with zero attached hydrogens (tertiary/aromatic N) is 3. The molecule has 1 aromatic carbocycles. The van der Waals surface area contributed by atoms with Crippen LogP contribution in [-0.4, -0.2) is 64.6 Å². The molecule has 2 amide bonds. The van der Waals surface area contributed by atoms with Gasteiger partial charge in [0.2, 0.25) is 0 Å². The van der Waals surface area contributed by atoms with Gasteiger partial charge >= 0.3 is 6.09 Å². The van der Waals surface area contributed by atoms with Crippen LogP contribution in [0.1, 0.15) is 39.5 Å². The number of pyridine rings is 1. The number of aromatic nitrogens is 1.